The summed E-state index contributed by atoms with van der Waals surface area (Å²) in [5.41, 5.74) is 3.25. The highest BCUT2D eigenvalue weighted by Crippen LogP contribution is 2.27. The summed E-state index contributed by atoms with van der Waals surface area (Å²) < 4.78 is 25.4. The molecule has 0 unspecified atom stereocenters. The van der Waals surface area contributed by atoms with Gasteiger partial charge in [-0.25, -0.2) is 8.42 Å². The largest absolute Gasteiger partial charge is 0.341 e. The van der Waals surface area contributed by atoms with E-state index in [1.807, 2.05) is 13.8 Å². The zero-order chi connectivity index (χ0) is 21.3. The van der Waals surface area contributed by atoms with Gasteiger partial charge in [-0.2, -0.15) is 5.10 Å². The summed E-state index contributed by atoms with van der Waals surface area (Å²) in [4.78, 5) is 24.4. The van der Waals surface area contributed by atoms with Crippen molar-refractivity contribution < 1.29 is 18.1 Å². The fourth-order valence-corrected chi connectivity index (χ4v) is 5.31. The lowest BCUT2D eigenvalue weighted by Crippen LogP contribution is -2.28. The number of rotatable bonds is 6. The van der Waals surface area contributed by atoms with Crippen LogP contribution in [0.4, 0.5) is 5.69 Å². The Morgan fingerprint density at radius 2 is 1.97 bits per heavy atom. The van der Waals surface area contributed by atoms with E-state index in [0.717, 1.165) is 17.0 Å². The molecule has 0 radical (unpaired) electrons. The molecule has 1 amide bonds. The summed E-state index contributed by atoms with van der Waals surface area (Å²) in [6, 6.07) is 5.78. The van der Waals surface area contributed by atoms with Crippen LogP contribution in [0.15, 0.2) is 24.3 Å². The second kappa shape index (κ2) is 7.94. The smallest absolute Gasteiger partial charge is 0.269 e. The molecule has 10 heteroatoms. The molecule has 9 nitrogen and oxygen atoms in total. The number of nitro benzene ring substituents is 1. The molecule has 2 aromatic rings. The minimum atomic E-state index is -3.01. The first-order valence-corrected chi connectivity index (χ1v) is 11.1. The summed E-state index contributed by atoms with van der Waals surface area (Å²) in [5, 5.41) is 15.3. The molecule has 0 saturated carbocycles. The lowest BCUT2D eigenvalue weighted by atomic mass is 10.1. The maximum Gasteiger partial charge on any atom is 0.269 e. The van der Waals surface area contributed by atoms with E-state index < -0.39 is 14.8 Å². The van der Waals surface area contributed by atoms with Gasteiger partial charge in [0.15, 0.2) is 9.84 Å². The van der Waals surface area contributed by atoms with Gasteiger partial charge < -0.3 is 4.90 Å². The molecule has 29 heavy (non-hydrogen) atoms. The van der Waals surface area contributed by atoms with Gasteiger partial charge in [0.05, 0.1) is 34.6 Å². The minimum absolute atomic E-state index is 0.0119. The van der Waals surface area contributed by atoms with Crippen LogP contribution >= 0.6 is 0 Å². The van der Waals surface area contributed by atoms with Gasteiger partial charge in [-0.05, 0) is 25.8 Å². The zero-order valence-electron chi connectivity index (χ0n) is 16.7. The van der Waals surface area contributed by atoms with Crippen LogP contribution in [0, 0.1) is 24.0 Å². The number of likely N-dealkylation sites (N-methyl/N-ethyl adjacent to an activating group) is 1. The predicted octanol–water partition coefficient (Wildman–Crippen LogP) is 1.97. The molecular weight excluding hydrogens is 396 g/mol. The highest BCUT2D eigenvalue weighted by atomic mass is 32.2. The fraction of sp³-hybridized carbons (Fsp3) is 0.474. The third kappa shape index (κ3) is 4.64. The maximum atomic E-state index is 12.6. The van der Waals surface area contributed by atoms with Crippen molar-refractivity contribution in [3.63, 3.8) is 0 Å². The Labute approximate surface area is 169 Å². The number of nitrogens with zero attached hydrogens (tertiary/aromatic N) is 4. The van der Waals surface area contributed by atoms with Crippen LogP contribution in [0.1, 0.15) is 35.0 Å². The summed E-state index contributed by atoms with van der Waals surface area (Å²) in [5.74, 6) is 0.163. The van der Waals surface area contributed by atoms with Gasteiger partial charge in [0.2, 0.25) is 5.91 Å². The van der Waals surface area contributed by atoms with Crippen LogP contribution < -0.4 is 0 Å². The number of non-ortho nitro benzene ring substituents is 1. The lowest BCUT2D eigenvalue weighted by Gasteiger charge is -2.18. The van der Waals surface area contributed by atoms with Gasteiger partial charge in [0.1, 0.15) is 0 Å². The first kappa shape index (κ1) is 21.0. The molecule has 1 atom stereocenters. The molecule has 0 bridgehead atoms. The van der Waals surface area contributed by atoms with Crippen molar-refractivity contribution >= 4 is 21.4 Å². The number of amides is 1. The standard InChI is InChI=1S/C19H24N4O5S/c1-13-18(14(2)22(20-13)17-8-9-29(27,28)12-17)11-21(3)19(24)10-15-4-6-16(7-5-15)23(25)26/h4-7,17H,8-12H2,1-3H3/t17-/m1/s1. The third-order valence-corrected chi connectivity index (χ3v) is 7.10. The second-order valence-electron chi connectivity index (χ2n) is 7.50. The first-order chi connectivity index (χ1) is 13.6. The molecule has 1 aromatic carbocycles. The van der Waals surface area contributed by atoms with Gasteiger partial charge in [0, 0.05) is 37.0 Å². The molecule has 1 fully saturated rings. The lowest BCUT2D eigenvalue weighted by molar-refractivity contribution is -0.384. The Morgan fingerprint density at radius 3 is 2.52 bits per heavy atom. The average Bonchev–Trinajstić information content (AvgIpc) is 3.15. The van der Waals surface area contributed by atoms with E-state index in [-0.39, 0.29) is 35.6 Å². The van der Waals surface area contributed by atoms with Crippen molar-refractivity contribution in [1.82, 2.24) is 14.7 Å². The SMILES string of the molecule is Cc1nn([C@@H]2CCS(=O)(=O)C2)c(C)c1CN(C)C(=O)Cc1ccc([N+](=O)[O-])cc1. The molecule has 1 saturated heterocycles. The zero-order valence-corrected chi connectivity index (χ0v) is 17.5. The number of carbonyl (C=O) groups is 1. The van der Waals surface area contributed by atoms with Crippen molar-refractivity contribution in [3.8, 4) is 0 Å². The van der Waals surface area contributed by atoms with E-state index in [9.17, 15) is 23.3 Å². The molecule has 0 aliphatic carbocycles. The van der Waals surface area contributed by atoms with Gasteiger partial charge in [-0.15, -0.1) is 0 Å². The van der Waals surface area contributed by atoms with E-state index in [1.54, 1.807) is 28.8 Å². The topological polar surface area (TPSA) is 115 Å². The summed E-state index contributed by atoms with van der Waals surface area (Å²) in [6.07, 6.45) is 0.695. The fourth-order valence-electron chi connectivity index (χ4n) is 3.62. The molecule has 1 aliphatic heterocycles. The molecule has 2 heterocycles. The van der Waals surface area contributed by atoms with E-state index in [2.05, 4.69) is 5.10 Å². The van der Waals surface area contributed by atoms with Crippen molar-refractivity contribution in [1.29, 1.82) is 0 Å². The number of aromatic nitrogens is 2. The van der Waals surface area contributed by atoms with Crippen LogP contribution in [-0.4, -0.2) is 52.5 Å². The third-order valence-electron chi connectivity index (χ3n) is 5.35. The van der Waals surface area contributed by atoms with Crippen molar-refractivity contribution in [2.24, 2.45) is 0 Å². The van der Waals surface area contributed by atoms with Crippen LogP contribution in [0.2, 0.25) is 0 Å². The van der Waals surface area contributed by atoms with Crippen molar-refractivity contribution in [2.45, 2.75) is 39.3 Å². The molecule has 156 valence electrons. The normalized spacial score (nSPS) is 18.0. The predicted molar refractivity (Wildman–Crippen MR) is 107 cm³/mol. The Hall–Kier alpha value is -2.75. The monoisotopic (exact) mass is 420 g/mol. The second-order valence-corrected chi connectivity index (χ2v) is 9.73. The van der Waals surface area contributed by atoms with Crippen molar-refractivity contribution in [2.75, 3.05) is 18.6 Å². The number of hydrogen-bond donors (Lipinski definition) is 0. The van der Waals surface area contributed by atoms with Gasteiger partial charge in [0.25, 0.3) is 5.69 Å². The minimum Gasteiger partial charge on any atom is -0.341 e. The maximum absolute atomic E-state index is 12.6. The number of sulfone groups is 1. The van der Waals surface area contributed by atoms with Crippen LogP contribution in [0.5, 0.6) is 0 Å². The number of benzene rings is 1. The Kier molecular flexibility index (Phi) is 5.74. The number of aryl methyl sites for hydroxylation is 1. The quantitative estimate of drug-likeness (QED) is 0.521. The van der Waals surface area contributed by atoms with E-state index in [1.165, 1.54) is 12.1 Å². The van der Waals surface area contributed by atoms with Gasteiger partial charge in [-0.1, -0.05) is 12.1 Å². The average molecular weight is 420 g/mol. The molecule has 1 aliphatic rings. The molecule has 3 rings (SSSR count). The number of hydrogen-bond acceptors (Lipinski definition) is 6. The van der Waals surface area contributed by atoms with Crippen LogP contribution in [0.25, 0.3) is 0 Å². The van der Waals surface area contributed by atoms with Crippen molar-refractivity contribution in [3.05, 3.63) is 56.9 Å². The number of carbonyl (C=O) groups excluding carboxylic acids is 1. The first-order valence-electron chi connectivity index (χ1n) is 9.29. The van der Waals surface area contributed by atoms with E-state index >= 15 is 0 Å². The summed E-state index contributed by atoms with van der Waals surface area (Å²) in [7, 11) is -1.31. The summed E-state index contributed by atoms with van der Waals surface area (Å²) >= 11 is 0. The van der Waals surface area contributed by atoms with E-state index in [0.29, 0.717) is 18.5 Å². The van der Waals surface area contributed by atoms with Gasteiger partial charge >= 0.3 is 0 Å². The molecule has 0 N–H and O–H groups in total. The highest BCUT2D eigenvalue weighted by Gasteiger charge is 2.31. The molecule has 0 spiro atoms. The van der Waals surface area contributed by atoms with Crippen LogP contribution in [0.3, 0.4) is 0 Å². The summed E-state index contributed by atoms with van der Waals surface area (Å²) in [6.45, 7) is 4.12. The van der Waals surface area contributed by atoms with Crippen LogP contribution in [-0.2, 0) is 27.6 Å². The Bertz CT molecular complexity index is 1040. The number of nitro groups is 1. The highest BCUT2D eigenvalue weighted by molar-refractivity contribution is 7.91. The molecule has 1 aromatic heterocycles. The Balaban J connectivity index is 1.69. The van der Waals surface area contributed by atoms with E-state index in [4.69, 9.17) is 0 Å². The van der Waals surface area contributed by atoms with Gasteiger partial charge in [-0.3, -0.25) is 19.6 Å². The Morgan fingerprint density at radius 1 is 1.31 bits per heavy atom. The molecular formula is C19H24N4O5S.